The topological polar surface area (TPSA) is 22.4 Å². The SMILES string of the molecule is [C-]#[N+]c1cc(-c2cccc3sc4ccccc4c23)cc2c1oc1c(-n3c4ccc(-c5ccccc5)cc4c4cc(-c5ccccc5)ccc43)cccc12. The van der Waals surface area contributed by atoms with E-state index in [1.807, 2.05) is 17.4 Å². The summed E-state index contributed by atoms with van der Waals surface area (Å²) in [6.45, 7) is 8.28. The third kappa shape index (κ3) is 4.52. The van der Waals surface area contributed by atoms with Crippen LogP contribution in [0.4, 0.5) is 5.69 Å². The molecule has 0 N–H and O–H groups in total. The number of rotatable bonds is 4. The molecular weight excluding hydrogens is 665 g/mol. The highest BCUT2D eigenvalue weighted by atomic mass is 32.1. The Hall–Kier alpha value is -6.93. The van der Waals surface area contributed by atoms with Gasteiger partial charge in [0.2, 0.25) is 5.69 Å². The second kappa shape index (κ2) is 11.5. The van der Waals surface area contributed by atoms with Crippen LogP contribution in [0.25, 0.3) is 108 Å². The predicted octanol–water partition coefficient (Wildman–Crippen LogP) is 14.6. The molecule has 3 aromatic heterocycles. The number of fused-ring (bicyclic) bond motifs is 9. The van der Waals surface area contributed by atoms with Crippen LogP contribution in [0, 0.1) is 6.57 Å². The average molecular weight is 693 g/mol. The molecule has 11 rings (SSSR count). The van der Waals surface area contributed by atoms with E-state index >= 15 is 0 Å². The summed E-state index contributed by atoms with van der Waals surface area (Å²) < 4.78 is 11.6. The van der Waals surface area contributed by atoms with Crippen molar-refractivity contribution in [2.75, 3.05) is 0 Å². The molecule has 0 radical (unpaired) electrons. The van der Waals surface area contributed by atoms with Crippen molar-refractivity contribution in [2.45, 2.75) is 0 Å². The Labute approximate surface area is 309 Å². The fourth-order valence-electron chi connectivity index (χ4n) is 8.20. The Morgan fingerprint density at radius 3 is 1.75 bits per heavy atom. The van der Waals surface area contributed by atoms with Gasteiger partial charge in [-0.2, -0.15) is 0 Å². The average Bonchev–Trinajstić information content (AvgIpc) is 3.90. The largest absolute Gasteiger partial charge is 0.465 e. The molecule has 0 amide bonds. The van der Waals surface area contributed by atoms with Gasteiger partial charge in [-0.3, -0.25) is 0 Å². The lowest BCUT2D eigenvalue weighted by Gasteiger charge is -2.09. The van der Waals surface area contributed by atoms with Crippen LogP contribution < -0.4 is 0 Å². The first-order valence-corrected chi connectivity index (χ1v) is 18.5. The number of thiophene rings is 1. The maximum atomic E-state index is 8.28. The normalized spacial score (nSPS) is 11.8. The molecule has 0 saturated heterocycles. The van der Waals surface area contributed by atoms with E-state index in [1.165, 1.54) is 53.2 Å². The molecule has 53 heavy (non-hydrogen) atoms. The van der Waals surface area contributed by atoms with E-state index in [0.717, 1.165) is 44.2 Å². The Bertz CT molecular complexity index is 3190. The summed E-state index contributed by atoms with van der Waals surface area (Å²) in [6.07, 6.45) is 0. The van der Waals surface area contributed by atoms with Gasteiger partial charge >= 0.3 is 0 Å². The number of hydrogen-bond acceptors (Lipinski definition) is 2. The molecule has 4 heteroatoms. The molecule has 0 spiro atoms. The molecular formula is C49H28N2OS. The van der Waals surface area contributed by atoms with E-state index in [2.05, 4.69) is 173 Å². The summed E-state index contributed by atoms with van der Waals surface area (Å²) in [6, 6.07) is 60.3. The smallest absolute Gasteiger partial charge is 0.230 e. The van der Waals surface area contributed by atoms with E-state index in [-0.39, 0.29) is 0 Å². The van der Waals surface area contributed by atoms with E-state index in [0.29, 0.717) is 11.3 Å². The van der Waals surface area contributed by atoms with Crippen molar-refractivity contribution in [2.24, 2.45) is 0 Å². The molecule has 11 aromatic rings. The molecule has 246 valence electrons. The molecule has 0 aliphatic heterocycles. The van der Waals surface area contributed by atoms with Crippen molar-refractivity contribution >= 4 is 80.9 Å². The van der Waals surface area contributed by atoms with Gasteiger partial charge in [0.15, 0.2) is 5.58 Å². The second-order valence-corrected chi connectivity index (χ2v) is 14.6. The van der Waals surface area contributed by atoms with Gasteiger partial charge in [-0.25, -0.2) is 4.85 Å². The highest BCUT2D eigenvalue weighted by Crippen LogP contribution is 2.46. The first kappa shape index (κ1) is 29.8. The first-order valence-electron chi connectivity index (χ1n) is 17.7. The van der Waals surface area contributed by atoms with Crippen molar-refractivity contribution < 1.29 is 4.42 Å². The second-order valence-electron chi connectivity index (χ2n) is 13.5. The zero-order valence-corrected chi connectivity index (χ0v) is 29.2. The van der Waals surface area contributed by atoms with E-state index in [1.54, 1.807) is 0 Å². The van der Waals surface area contributed by atoms with E-state index in [4.69, 9.17) is 11.0 Å². The number of hydrogen-bond donors (Lipinski definition) is 0. The first-order chi connectivity index (χ1) is 26.2. The fourth-order valence-corrected chi connectivity index (χ4v) is 9.33. The maximum Gasteiger partial charge on any atom is 0.230 e. The van der Waals surface area contributed by atoms with Gasteiger partial charge in [0.25, 0.3) is 0 Å². The number of aromatic nitrogens is 1. The summed E-state index contributed by atoms with van der Waals surface area (Å²) in [5, 5.41) is 6.75. The molecule has 0 fully saturated rings. The summed E-state index contributed by atoms with van der Waals surface area (Å²) in [7, 11) is 0. The zero-order chi connectivity index (χ0) is 35.0. The Morgan fingerprint density at radius 2 is 1.06 bits per heavy atom. The molecule has 3 heterocycles. The third-order valence-electron chi connectivity index (χ3n) is 10.6. The van der Waals surface area contributed by atoms with E-state index < -0.39 is 0 Å². The van der Waals surface area contributed by atoms with Crippen LogP contribution in [0.5, 0.6) is 0 Å². The molecule has 0 aliphatic carbocycles. The summed E-state index contributed by atoms with van der Waals surface area (Å²) in [5.74, 6) is 0. The summed E-state index contributed by atoms with van der Waals surface area (Å²) in [4.78, 5) is 4.03. The quantitative estimate of drug-likeness (QED) is 0.168. The van der Waals surface area contributed by atoms with Crippen molar-refractivity contribution in [3.63, 3.8) is 0 Å². The van der Waals surface area contributed by atoms with Crippen molar-refractivity contribution in [3.05, 3.63) is 181 Å². The van der Waals surface area contributed by atoms with Gasteiger partial charge < -0.3 is 8.98 Å². The minimum absolute atomic E-state index is 0.512. The van der Waals surface area contributed by atoms with Gasteiger partial charge in [0.1, 0.15) is 5.58 Å². The lowest BCUT2D eigenvalue weighted by molar-refractivity contribution is 0.668. The predicted molar refractivity (Wildman–Crippen MR) is 224 cm³/mol. The summed E-state index contributed by atoms with van der Waals surface area (Å²) in [5.41, 5.74) is 11.9. The minimum Gasteiger partial charge on any atom is -0.465 e. The number of benzene rings is 8. The van der Waals surface area contributed by atoms with Crippen molar-refractivity contribution in [3.8, 4) is 39.1 Å². The highest BCUT2D eigenvalue weighted by molar-refractivity contribution is 7.25. The maximum absolute atomic E-state index is 8.28. The number of nitrogens with zero attached hydrogens (tertiary/aromatic N) is 2. The minimum atomic E-state index is 0.512. The molecule has 0 unspecified atom stereocenters. The number of furan rings is 1. The fraction of sp³-hybridized carbons (Fsp3) is 0. The van der Waals surface area contributed by atoms with Crippen molar-refractivity contribution in [1.29, 1.82) is 0 Å². The van der Waals surface area contributed by atoms with Crippen LogP contribution in [0.15, 0.2) is 174 Å². The molecule has 8 aromatic carbocycles. The van der Waals surface area contributed by atoms with Crippen LogP contribution in [-0.2, 0) is 0 Å². The molecule has 0 aliphatic rings. The van der Waals surface area contributed by atoms with Crippen LogP contribution >= 0.6 is 11.3 Å². The molecule has 3 nitrogen and oxygen atoms in total. The zero-order valence-electron chi connectivity index (χ0n) is 28.4. The lowest BCUT2D eigenvalue weighted by Crippen LogP contribution is -1.94. The Kier molecular flexibility index (Phi) is 6.48. The summed E-state index contributed by atoms with van der Waals surface area (Å²) >= 11 is 1.81. The van der Waals surface area contributed by atoms with Gasteiger partial charge in [-0.05, 0) is 88.0 Å². The van der Waals surface area contributed by atoms with Gasteiger partial charge in [0.05, 0.1) is 23.3 Å². The molecule has 0 atom stereocenters. The van der Waals surface area contributed by atoms with Crippen LogP contribution in [0.3, 0.4) is 0 Å². The molecule has 0 bridgehead atoms. The lowest BCUT2D eigenvalue weighted by atomic mass is 9.97. The van der Waals surface area contributed by atoms with Gasteiger partial charge in [0, 0.05) is 41.7 Å². The van der Waals surface area contributed by atoms with Crippen LogP contribution in [0.1, 0.15) is 0 Å². The van der Waals surface area contributed by atoms with Crippen molar-refractivity contribution in [1.82, 2.24) is 4.57 Å². The third-order valence-corrected chi connectivity index (χ3v) is 11.7. The van der Waals surface area contributed by atoms with Gasteiger partial charge in [-0.1, -0.05) is 115 Å². The Balaban J connectivity index is 1.17. The standard InChI is InChI=1S/C49H28N2OS/c1-50-41-29-34(35-17-11-21-46-47(35)37-16-8-9-20-45(37)53-46)28-40-36-18-10-19-44(49(36)52-48(40)41)51-42-24-22-32(30-12-4-2-5-13-30)26-38(42)39-27-33(23-25-43(39)51)31-14-6-3-7-15-31/h2-29H. The highest BCUT2D eigenvalue weighted by Gasteiger charge is 2.21. The Morgan fingerprint density at radius 1 is 0.453 bits per heavy atom. The van der Waals surface area contributed by atoms with E-state index in [9.17, 15) is 0 Å². The van der Waals surface area contributed by atoms with Crippen LogP contribution in [0.2, 0.25) is 0 Å². The van der Waals surface area contributed by atoms with Gasteiger partial charge in [-0.15, -0.1) is 11.3 Å². The monoisotopic (exact) mass is 692 g/mol. The molecule has 0 saturated carbocycles. The number of para-hydroxylation sites is 1. The van der Waals surface area contributed by atoms with Crippen LogP contribution in [-0.4, -0.2) is 4.57 Å².